The molecule has 7 heteroatoms. The normalized spacial score (nSPS) is 20.6. The summed E-state index contributed by atoms with van der Waals surface area (Å²) in [5.74, 6) is 0.748. The van der Waals surface area contributed by atoms with Crippen molar-refractivity contribution < 1.29 is 9.59 Å². The average Bonchev–Trinajstić information content (AvgIpc) is 3.13. The molecular formula is C29H37BN4O2. The summed E-state index contributed by atoms with van der Waals surface area (Å²) in [5.41, 5.74) is 8.04. The molecule has 4 rings (SSSR count). The summed E-state index contributed by atoms with van der Waals surface area (Å²) in [4.78, 5) is 34.9. The number of amides is 2. The van der Waals surface area contributed by atoms with E-state index < -0.39 is 5.54 Å². The largest absolute Gasteiger partial charge is 0.369 e. The van der Waals surface area contributed by atoms with E-state index in [9.17, 15) is 9.59 Å². The van der Waals surface area contributed by atoms with E-state index in [0.717, 1.165) is 57.2 Å². The molecule has 2 radical (unpaired) electrons. The lowest BCUT2D eigenvalue weighted by Gasteiger charge is -2.34. The molecule has 2 aromatic rings. The van der Waals surface area contributed by atoms with Gasteiger partial charge < -0.3 is 10.6 Å². The van der Waals surface area contributed by atoms with Gasteiger partial charge in [-0.25, -0.2) is 4.99 Å². The molecule has 0 aromatic heterocycles. The highest BCUT2D eigenvalue weighted by atomic mass is 16.2. The van der Waals surface area contributed by atoms with Crippen LogP contribution in [0, 0.1) is 5.92 Å². The van der Waals surface area contributed by atoms with Crippen LogP contribution in [0.25, 0.3) is 0 Å². The number of hydrogen-bond acceptors (Lipinski definition) is 4. The summed E-state index contributed by atoms with van der Waals surface area (Å²) in [5, 5.41) is 0. The number of benzene rings is 2. The molecule has 1 atom stereocenters. The molecule has 36 heavy (non-hydrogen) atoms. The van der Waals surface area contributed by atoms with Gasteiger partial charge in [-0.15, -0.1) is 0 Å². The zero-order chi connectivity index (χ0) is 25.5. The molecule has 2 aliphatic rings. The van der Waals surface area contributed by atoms with Crippen molar-refractivity contribution in [2.75, 3.05) is 19.6 Å². The maximum atomic E-state index is 13.8. The van der Waals surface area contributed by atoms with Crippen LogP contribution in [-0.2, 0) is 21.5 Å². The highest BCUT2D eigenvalue weighted by molar-refractivity contribution is 6.32. The molecule has 188 valence electrons. The Kier molecular flexibility index (Phi) is 8.50. The Labute approximate surface area is 216 Å². The zero-order valence-corrected chi connectivity index (χ0v) is 21.4. The Balaban J connectivity index is 1.32. The number of rotatable bonds is 10. The summed E-state index contributed by atoms with van der Waals surface area (Å²) in [6.07, 6.45) is 6.53. The second kappa shape index (κ2) is 11.8. The number of hydrogen-bond donors (Lipinski definition) is 1. The van der Waals surface area contributed by atoms with E-state index in [1.54, 1.807) is 4.90 Å². The lowest BCUT2D eigenvalue weighted by molar-refractivity contribution is -0.135. The van der Waals surface area contributed by atoms with Crippen LogP contribution in [0.1, 0.15) is 63.0 Å². The zero-order valence-electron chi connectivity index (χ0n) is 21.4. The van der Waals surface area contributed by atoms with Gasteiger partial charge in [0.25, 0.3) is 5.91 Å². The average molecular weight is 484 g/mol. The summed E-state index contributed by atoms with van der Waals surface area (Å²) in [6.45, 7) is 4.10. The number of carbonyl (C=O) groups excluding carboxylic acids is 2. The Morgan fingerprint density at radius 2 is 1.86 bits per heavy atom. The van der Waals surface area contributed by atoms with Crippen molar-refractivity contribution in [2.24, 2.45) is 16.6 Å². The van der Waals surface area contributed by atoms with Crippen molar-refractivity contribution in [1.29, 1.82) is 0 Å². The van der Waals surface area contributed by atoms with Gasteiger partial charge in [0.15, 0.2) is 11.5 Å². The number of nitrogens with zero attached hydrogens (tertiary/aromatic N) is 3. The van der Waals surface area contributed by atoms with Gasteiger partial charge in [0.1, 0.15) is 7.85 Å². The lowest BCUT2D eigenvalue weighted by atomic mass is 9.81. The first-order chi connectivity index (χ1) is 17.4. The first-order valence-corrected chi connectivity index (χ1v) is 13.3. The molecule has 1 unspecified atom stereocenters. The minimum atomic E-state index is -0.995. The molecule has 0 saturated carbocycles. The second-order valence-corrected chi connectivity index (χ2v) is 10.1. The van der Waals surface area contributed by atoms with Crippen molar-refractivity contribution in [3.63, 3.8) is 0 Å². The first-order valence-electron chi connectivity index (χ1n) is 13.3. The summed E-state index contributed by atoms with van der Waals surface area (Å²) < 4.78 is 0. The predicted octanol–water partition coefficient (Wildman–Crippen LogP) is 3.28. The molecule has 1 saturated heterocycles. The molecule has 6 nitrogen and oxygen atoms in total. The number of aliphatic imine (C=N–C) groups is 1. The summed E-state index contributed by atoms with van der Waals surface area (Å²) >= 11 is 0. The van der Waals surface area contributed by atoms with E-state index in [4.69, 9.17) is 18.6 Å². The molecular weight excluding hydrogens is 447 g/mol. The third kappa shape index (κ3) is 5.83. The lowest BCUT2D eigenvalue weighted by Crippen LogP contribution is -2.47. The number of nitrogens with two attached hydrogens (primary N) is 1. The molecule has 1 fully saturated rings. The van der Waals surface area contributed by atoms with Crippen molar-refractivity contribution in [3.8, 4) is 0 Å². The van der Waals surface area contributed by atoms with Gasteiger partial charge in [0.2, 0.25) is 5.91 Å². The van der Waals surface area contributed by atoms with Crippen LogP contribution in [0.15, 0.2) is 59.6 Å². The third-order valence-corrected chi connectivity index (χ3v) is 7.54. The van der Waals surface area contributed by atoms with Gasteiger partial charge in [-0.1, -0.05) is 79.8 Å². The minimum absolute atomic E-state index is 0.0570. The number of carbonyl (C=O) groups is 2. The molecule has 2 N–H and O–H groups in total. The third-order valence-electron chi connectivity index (χ3n) is 7.54. The fraction of sp³-hybridized carbons (Fsp3) is 0.483. The second-order valence-electron chi connectivity index (χ2n) is 10.1. The van der Waals surface area contributed by atoms with Crippen molar-refractivity contribution >= 4 is 31.1 Å². The molecule has 2 aromatic carbocycles. The van der Waals surface area contributed by atoms with E-state index in [1.807, 2.05) is 47.4 Å². The van der Waals surface area contributed by atoms with Gasteiger partial charge in [-0.2, -0.15) is 0 Å². The van der Waals surface area contributed by atoms with Crippen LogP contribution in [0.5, 0.6) is 0 Å². The quantitative estimate of drug-likeness (QED) is 0.526. The smallest absolute Gasteiger partial charge is 0.261 e. The Morgan fingerprint density at radius 1 is 1.11 bits per heavy atom. The number of piperidine rings is 1. The van der Waals surface area contributed by atoms with Crippen molar-refractivity contribution in [3.05, 3.63) is 65.7 Å². The van der Waals surface area contributed by atoms with Crippen LogP contribution in [0.2, 0.25) is 0 Å². The fourth-order valence-electron chi connectivity index (χ4n) is 5.40. The van der Waals surface area contributed by atoms with Crippen LogP contribution >= 0.6 is 0 Å². The van der Waals surface area contributed by atoms with Gasteiger partial charge in [-0.3, -0.25) is 14.5 Å². The maximum absolute atomic E-state index is 13.8. The predicted molar refractivity (Wildman–Crippen MR) is 145 cm³/mol. The Morgan fingerprint density at radius 3 is 2.56 bits per heavy atom. The molecule has 0 spiro atoms. The monoisotopic (exact) mass is 484 g/mol. The molecule has 0 bridgehead atoms. The number of likely N-dealkylation sites (tertiary alicyclic amines) is 1. The van der Waals surface area contributed by atoms with Crippen molar-refractivity contribution in [2.45, 2.75) is 63.8 Å². The first kappa shape index (κ1) is 26.0. The Bertz CT molecular complexity index is 1080. The fourth-order valence-corrected chi connectivity index (χ4v) is 5.40. The van der Waals surface area contributed by atoms with E-state index in [0.29, 0.717) is 30.8 Å². The highest BCUT2D eigenvalue weighted by Gasteiger charge is 2.49. The number of aryl methyl sites for hydroxylation is 1. The topological polar surface area (TPSA) is 79.0 Å². The van der Waals surface area contributed by atoms with Crippen LogP contribution < -0.4 is 11.2 Å². The Hall–Kier alpha value is -3.09. The molecule has 0 aliphatic carbocycles. The van der Waals surface area contributed by atoms with Crippen LogP contribution in [-0.4, -0.2) is 55.1 Å². The SMILES string of the molecule is [B]c1cccc(C2(CCCC)N=C(N)N(CC3CCN(C(=O)CCCc4ccccc4)CC3)C2=O)c1. The molecule has 2 amide bonds. The summed E-state index contributed by atoms with van der Waals surface area (Å²) in [6, 6.07) is 17.7. The van der Waals surface area contributed by atoms with Crippen LogP contribution in [0.4, 0.5) is 0 Å². The number of guanidine groups is 1. The van der Waals surface area contributed by atoms with Crippen LogP contribution in [0.3, 0.4) is 0 Å². The van der Waals surface area contributed by atoms with E-state index >= 15 is 0 Å². The van der Waals surface area contributed by atoms with E-state index in [-0.39, 0.29) is 17.8 Å². The highest BCUT2D eigenvalue weighted by Crippen LogP contribution is 2.38. The van der Waals surface area contributed by atoms with Gasteiger partial charge in [0, 0.05) is 26.1 Å². The number of unbranched alkanes of at least 4 members (excludes halogenated alkanes) is 1. The van der Waals surface area contributed by atoms with E-state index in [1.165, 1.54) is 5.56 Å². The molecule has 2 aliphatic heterocycles. The van der Waals surface area contributed by atoms with Gasteiger partial charge in [-0.05, 0) is 49.1 Å². The summed E-state index contributed by atoms with van der Waals surface area (Å²) in [7, 11) is 6.04. The minimum Gasteiger partial charge on any atom is -0.369 e. The maximum Gasteiger partial charge on any atom is 0.261 e. The molecule has 2 heterocycles. The van der Waals surface area contributed by atoms with Gasteiger partial charge >= 0.3 is 0 Å². The van der Waals surface area contributed by atoms with Gasteiger partial charge in [0.05, 0.1) is 0 Å². The van der Waals surface area contributed by atoms with E-state index in [2.05, 4.69) is 19.1 Å². The van der Waals surface area contributed by atoms with Crippen molar-refractivity contribution in [1.82, 2.24) is 9.80 Å². The standard InChI is InChI=1S/C29H37BN4O2/c1-2-3-17-29(24-12-8-13-25(30)20-24)27(36)34(28(31)32-29)21-23-15-18-33(19-16-23)26(35)14-7-11-22-9-5-4-6-10-22/h4-6,8-10,12-13,20,23H,2-3,7,11,14-19,21H2,1H3,(H2,31,32).